The van der Waals surface area contributed by atoms with Crippen LogP contribution in [0.2, 0.25) is 0 Å². The molecule has 1 unspecified atom stereocenters. The Hall–Kier alpha value is -1.52. The van der Waals surface area contributed by atoms with Crippen molar-refractivity contribution >= 4 is 21.6 Å². The van der Waals surface area contributed by atoms with E-state index in [0.29, 0.717) is 0 Å². The fourth-order valence-corrected chi connectivity index (χ4v) is 2.40. The van der Waals surface area contributed by atoms with E-state index in [1.165, 1.54) is 0 Å². The summed E-state index contributed by atoms with van der Waals surface area (Å²) in [6.45, 7) is 2.12. The molecule has 0 heterocycles. The van der Waals surface area contributed by atoms with Gasteiger partial charge in [0.1, 0.15) is 11.5 Å². The van der Waals surface area contributed by atoms with Crippen molar-refractivity contribution in [2.24, 2.45) is 0 Å². The van der Waals surface area contributed by atoms with Gasteiger partial charge in [-0.15, -0.1) is 0 Å². The lowest BCUT2D eigenvalue weighted by Crippen LogP contribution is -2.13. The molecule has 3 nitrogen and oxygen atoms in total. The van der Waals surface area contributed by atoms with Crippen LogP contribution in [0, 0.1) is 0 Å². The molecule has 4 heteroatoms. The first-order valence-corrected chi connectivity index (χ1v) is 7.72. The Bertz CT molecular complexity index is 613. The second-order valence-electron chi connectivity index (χ2n) is 5.19. The Balaban J connectivity index is 2.34. The van der Waals surface area contributed by atoms with Crippen LogP contribution in [0.5, 0.6) is 11.5 Å². The maximum atomic E-state index is 6.11. The van der Waals surface area contributed by atoms with Crippen LogP contribution in [0.1, 0.15) is 18.5 Å². The predicted molar refractivity (Wildman–Crippen MR) is 92.5 cm³/mol. The van der Waals surface area contributed by atoms with Crippen molar-refractivity contribution in [3.63, 3.8) is 0 Å². The average Bonchev–Trinajstić information content (AvgIpc) is 2.47. The maximum Gasteiger partial charge on any atom is 0.133 e. The minimum atomic E-state index is 0.227. The fraction of sp³-hybridized carbons (Fsp3) is 0.294. The fourth-order valence-electron chi connectivity index (χ4n) is 2.06. The zero-order chi connectivity index (χ0) is 15.4. The highest BCUT2D eigenvalue weighted by Crippen LogP contribution is 2.33. The number of rotatable bonds is 5. The molecule has 0 aromatic heterocycles. The van der Waals surface area contributed by atoms with Gasteiger partial charge >= 0.3 is 0 Å². The van der Waals surface area contributed by atoms with Gasteiger partial charge in [-0.05, 0) is 38.2 Å². The highest BCUT2D eigenvalue weighted by atomic mass is 79.9. The maximum absolute atomic E-state index is 6.11. The molecular formula is C17H21BrN2O. The van der Waals surface area contributed by atoms with Crippen molar-refractivity contribution in [1.82, 2.24) is 5.32 Å². The zero-order valence-electron chi connectivity index (χ0n) is 12.9. The minimum Gasteiger partial charge on any atom is -0.457 e. The summed E-state index contributed by atoms with van der Waals surface area (Å²) >= 11 is 3.51. The third-order valence-corrected chi connectivity index (χ3v) is 3.93. The molecule has 0 aliphatic rings. The first-order chi connectivity index (χ1) is 10.0. The van der Waals surface area contributed by atoms with Gasteiger partial charge in [0.05, 0.1) is 0 Å². The molecule has 0 fully saturated rings. The second-order valence-corrected chi connectivity index (χ2v) is 6.10. The van der Waals surface area contributed by atoms with E-state index in [2.05, 4.69) is 45.2 Å². The van der Waals surface area contributed by atoms with Crippen molar-refractivity contribution in [2.75, 3.05) is 26.0 Å². The van der Waals surface area contributed by atoms with Gasteiger partial charge in [0.2, 0.25) is 0 Å². The molecule has 0 aliphatic heterocycles. The third kappa shape index (κ3) is 3.99. The predicted octanol–water partition coefficient (Wildman–Crippen LogP) is 4.59. The van der Waals surface area contributed by atoms with E-state index < -0.39 is 0 Å². The van der Waals surface area contributed by atoms with Crippen LogP contribution in [0.4, 0.5) is 5.69 Å². The summed E-state index contributed by atoms with van der Waals surface area (Å²) in [5.74, 6) is 1.70. The lowest BCUT2D eigenvalue weighted by Gasteiger charge is -2.18. The van der Waals surface area contributed by atoms with Crippen molar-refractivity contribution in [1.29, 1.82) is 0 Å². The molecule has 1 atom stereocenters. The highest BCUT2D eigenvalue weighted by Gasteiger charge is 2.12. The van der Waals surface area contributed by atoms with Crippen LogP contribution in [-0.2, 0) is 0 Å². The van der Waals surface area contributed by atoms with Gasteiger partial charge in [-0.3, -0.25) is 0 Å². The summed E-state index contributed by atoms with van der Waals surface area (Å²) in [5.41, 5.74) is 2.25. The van der Waals surface area contributed by atoms with Crippen LogP contribution in [0.15, 0.2) is 46.9 Å². The number of nitrogens with one attached hydrogen (secondary N) is 1. The molecule has 0 saturated carbocycles. The Morgan fingerprint density at radius 1 is 1.14 bits per heavy atom. The van der Waals surface area contributed by atoms with Crippen molar-refractivity contribution in [3.8, 4) is 11.5 Å². The van der Waals surface area contributed by atoms with E-state index in [4.69, 9.17) is 4.74 Å². The van der Waals surface area contributed by atoms with E-state index in [1.54, 1.807) is 0 Å². The molecule has 2 rings (SSSR count). The lowest BCUT2D eigenvalue weighted by atomic mass is 10.1. The second kappa shape index (κ2) is 6.96. The summed E-state index contributed by atoms with van der Waals surface area (Å²) in [4.78, 5) is 2.06. The average molecular weight is 349 g/mol. The summed E-state index contributed by atoms with van der Waals surface area (Å²) in [7, 11) is 5.99. The minimum absolute atomic E-state index is 0.227. The van der Waals surface area contributed by atoms with Gasteiger partial charge in [0, 0.05) is 41.9 Å². The Morgan fingerprint density at radius 3 is 2.57 bits per heavy atom. The van der Waals surface area contributed by atoms with Gasteiger partial charge in [-0.1, -0.05) is 28.1 Å². The number of hydrogen-bond acceptors (Lipinski definition) is 3. The van der Waals surface area contributed by atoms with Gasteiger partial charge in [0.15, 0.2) is 0 Å². The number of halogens is 1. The Morgan fingerprint density at radius 2 is 1.90 bits per heavy atom. The van der Waals surface area contributed by atoms with E-state index in [0.717, 1.165) is 27.2 Å². The normalized spacial score (nSPS) is 12.0. The molecule has 112 valence electrons. The molecule has 1 N–H and O–H groups in total. The lowest BCUT2D eigenvalue weighted by molar-refractivity contribution is 0.466. The van der Waals surface area contributed by atoms with Crippen molar-refractivity contribution in [2.45, 2.75) is 13.0 Å². The highest BCUT2D eigenvalue weighted by molar-refractivity contribution is 9.10. The summed E-state index contributed by atoms with van der Waals surface area (Å²) < 4.78 is 7.12. The van der Waals surface area contributed by atoms with Crippen LogP contribution >= 0.6 is 15.9 Å². The molecule has 2 aromatic rings. The molecule has 0 saturated heterocycles. The zero-order valence-corrected chi connectivity index (χ0v) is 14.4. The monoisotopic (exact) mass is 348 g/mol. The van der Waals surface area contributed by atoms with Crippen molar-refractivity contribution in [3.05, 3.63) is 52.5 Å². The molecule has 0 bridgehead atoms. The molecule has 0 radical (unpaired) electrons. The Kier molecular flexibility index (Phi) is 5.26. The first kappa shape index (κ1) is 15.9. The molecule has 0 amide bonds. The number of hydrogen-bond donors (Lipinski definition) is 1. The van der Waals surface area contributed by atoms with Crippen LogP contribution < -0.4 is 15.0 Å². The van der Waals surface area contributed by atoms with E-state index in [1.807, 2.05) is 51.5 Å². The smallest absolute Gasteiger partial charge is 0.133 e. The SMILES string of the molecule is CNC(C)c1ccc(Br)cc1Oc1cccc(N(C)C)c1. The molecule has 2 aromatic carbocycles. The summed E-state index contributed by atoms with van der Waals surface area (Å²) in [6, 6.07) is 14.4. The molecule has 0 spiro atoms. The molecular weight excluding hydrogens is 328 g/mol. The van der Waals surface area contributed by atoms with Crippen molar-refractivity contribution < 1.29 is 4.74 Å². The summed E-state index contributed by atoms with van der Waals surface area (Å²) in [5, 5.41) is 3.25. The van der Waals surface area contributed by atoms with E-state index in [-0.39, 0.29) is 6.04 Å². The number of anilines is 1. The third-order valence-electron chi connectivity index (χ3n) is 3.44. The van der Waals surface area contributed by atoms with E-state index >= 15 is 0 Å². The summed E-state index contributed by atoms with van der Waals surface area (Å²) in [6.07, 6.45) is 0. The first-order valence-electron chi connectivity index (χ1n) is 6.93. The largest absolute Gasteiger partial charge is 0.457 e. The van der Waals surface area contributed by atoms with Gasteiger partial charge in [-0.2, -0.15) is 0 Å². The van der Waals surface area contributed by atoms with Crippen LogP contribution in [-0.4, -0.2) is 21.1 Å². The number of nitrogens with zero attached hydrogens (tertiary/aromatic N) is 1. The molecule has 0 aliphatic carbocycles. The van der Waals surface area contributed by atoms with Gasteiger partial charge in [0.25, 0.3) is 0 Å². The van der Waals surface area contributed by atoms with Gasteiger partial charge in [-0.25, -0.2) is 0 Å². The topological polar surface area (TPSA) is 24.5 Å². The van der Waals surface area contributed by atoms with Crippen LogP contribution in [0.25, 0.3) is 0 Å². The number of ether oxygens (including phenoxy) is 1. The van der Waals surface area contributed by atoms with E-state index in [9.17, 15) is 0 Å². The standard InChI is InChI=1S/C17H21BrN2O/c1-12(19-2)16-9-8-13(18)10-17(16)21-15-7-5-6-14(11-15)20(3)4/h5-12,19H,1-4H3. The van der Waals surface area contributed by atoms with Gasteiger partial charge < -0.3 is 15.0 Å². The van der Waals surface area contributed by atoms with Crippen LogP contribution in [0.3, 0.4) is 0 Å². The quantitative estimate of drug-likeness (QED) is 0.855. The molecule has 21 heavy (non-hydrogen) atoms. The number of benzene rings is 2. The Labute approximate surface area is 135 Å².